The summed E-state index contributed by atoms with van der Waals surface area (Å²) in [5.41, 5.74) is 16.5. The van der Waals surface area contributed by atoms with Crippen LogP contribution in [0.2, 0.25) is 0 Å². The van der Waals surface area contributed by atoms with Gasteiger partial charge in [0.15, 0.2) is 11.5 Å². The van der Waals surface area contributed by atoms with Gasteiger partial charge in [-0.3, -0.25) is 0 Å². The molecule has 3 nitrogen and oxygen atoms in total. The Morgan fingerprint density at radius 1 is 0.473 bits per heavy atom. The fraction of sp³-hybridized carbons (Fsp3) is 0.115. The molecule has 2 aliphatic heterocycles. The van der Waals surface area contributed by atoms with Crippen LogP contribution in [0.3, 0.4) is 0 Å². The molecule has 264 valence electrons. The van der Waals surface area contributed by atoms with Gasteiger partial charge in [0.2, 0.25) is 0 Å². The summed E-state index contributed by atoms with van der Waals surface area (Å²) in [6.07, 6.45) is 0. The molecule has 2 heterocycles. The van der Waals surface area contributed by atoms with Crippen LogP contribution >= 0.6 is 0 Å². The Hall–Kier alpha value is -6.58. The lowest BCUT2D eigenvalue weighted by molar-refractivity contribution is 0.472. The lowest BCUT2D eigenvalue weighted by atomic mass is 9.72. The van der Waals surface area contributed by atoms with Gasteiger partial charge in [-0.2, -0.15) is 0 Å². The summed E-state index contributed by atoms with van der Waals surface area (Å²) in [4.78, 5) is 5.02. The number of fused-ring (bicyclic) bond motifs is 9. The third-order valence-corrected chi connectivity index (χ3v) is 12.4. The van der Waals surface area contributed by atoms with E-state index in [0.29, 0.717) is 0 Å². The first kappa shape index (κ1) is 31.9. The normalized spacial score (nSPS) is 14.9. The second kappa shape index (κ2) is 11.5. The lowest BCUT2D eigenvalue weighted by Crippen LogP contribution is -2.34. The van der Waals surface area contributed by atoms with Crippen molar-refractivity contribution in [1.29, 1.82) is 0 Å². The van der Waals surface area contributed by atoms with E-state index < -0.39 is 0 Å². The van der Waals surface area contributed by atoms with Gasteiger partial charge in [0.1, 0.15) is 0 Å². The molecule has 11 rings (SSSR count). The molecule has 0 fully saturated rings. The topological polar surface area (TPSA) is 15.7 Å². The second-order valence-electron chi connectivity index (χ2n) is 16.1. The Balaban J connectivity index is 1.22. The van der Waals surface area contributed by atoms with E-state index in [4.69, 9.17) is 4.74 Å². The fourth-order valence-corrected chi connectivity index (χ4v) is 9.80. The summed E-state index contributed by atoms with van der Waals surface area (Å²) in [5.74, 6) is 1.75. The first-order valence-electron chi connectivity index (χ1n) is 19.3. The number of nitrogens with zero attached hydrogens (tertiary/aromatic N) is 2. The van der Waals surface area contributed by atoms with Crippen molar-refractivity contribution in [1.82, 2.24) is 0 Å². The van der Waals surface area contributed by atoms with E-state index >= 15 is 0 Å². The van der Waals surface area contributed by atoms with Gasteiger partial charge in [-0.15, -0.1) is 0 Å². The van der Waals surface area contributed by atoms with Crippen LogP contribution in [-0.4, -0.2) is 0 Å². The zero-order valence-corrected chi connectivity index (χ0v) is 31.5. The van der Waals surface area contributed by atoms with Crippen LogP contribution in [0.25, 0.3) is 33.0 Å². The molecule has 0 amide bonds. The van der Waals surface area contributed by atoms with Crippen LogP contribution in [0.1, 0.15) is 49.9 Å². The predicted octanol–water partition coefficient (Wildman–Crippen LogP) is 14.5. The van der Waals surface area contributed by atoms with E-state index in [0.717, 1.165) is 39.9 Å². The summed E-state index contributed by atoms with van der Waals surface area (Å²) in [7, 11) is 0. The number of hydrogen-bond donors (Lipinski definition) is 0. The maximum absolute atomic E-state index is 6.76. The number of anilines is 6. The van der Waals surface area contributed by atoms with Gasteiger partial charge in [-0.25, -0.2) is 0 Å². The smallest absolute Gasteiger partial charge is 0.152 e. The van der Waals surface area contributed by atoms with Crippen molar-refractivity contribution in [2.45, 2.75) is 38.5 Å². The highest BCUT2D eigenvalue weighted by Gasteiger charge is 2.44. The minimum Gasteiger partial charge on any atom is -0.453 e. The van der Waals surface area contributed by atoms with Crippen molar-refractivity contribution in [3.8, 4) is 33.8 Å². The molecule has 3 aliphatic rings. The number of rotatable bonds is 4. The van der Waals surface area contributed by atoms with Gasteiger partial charge in [-0.1, -0.05) is 155 Å². The average molecular weight is 709 g/mol. The van der Waals surface area contributed by atoms with Crippen molar-refractivity contribution in [3.63, 3.8) is 0 Å². The Labute approximate surface area is 322 Å². The summed E-state index contributed by atoms with van der Waals surface area (Å²) in [6.45, 7) is 9.49. The third kappa shape index (κ3) is 4.44. The Kier molecular flexibility index (Phi) is 6.65. The van der Waals surface area contributed by atoms with Gasteiger partial charge in [0, 0.05) is 33.0 Å². The monoisotopic (exact) mass is 708 g/mol. The zero-order valence-electron chi connectivity index (χ0n) is 31.5. The Morgan fingerprint density at radius 2 is 1.15 bits per heavy atom. The first-order valence-corrected chi connectivity index (χ1v) is 19.3. The van der Waals surface area contributed by atoms with Crippen molar-refractivity contribution in [2.24, 2.45) is 0 Å². The SMILES string of the molecule is CC1(C)c2ccccc2-c2ccc(N(c3ccccc3-c3ccccc3)c3cccc4c3C(C)(C)c3cccc5c3N4c3c(ccc4ccccc34)O5)cc21. The maximum Gasteiger partial charge on any atom is 0.152 e. The van der Waals surface area contributed by atoms with Gasteiger partial charge in [-0.05, 0) is 81.2 Å². The van der Waals surface area contributed by atoms with E-state index in [-0.39, 0.29) is 10.8 Å². The van der Waals surface area contributed by atoms with E-state index in [9.17, 15) is 0 Å². The molecular formula is C52H40N2O. The molecule has 0 radical (unpaired) electrons. The molecule has 0 saturated carbocycles. The molecule has 1 aliphatic carbocycles. The average Bonchev–Trinajstić information content (AvgIpc) is 3.45. The number of ether oxygens (including phenoxy) is 1. The summed E-state index contributed by atoms with van der Waals surface area (Å²) >= 11 is 0. The second-order valence-corrected chi connectivity index (χ2v) is 16.1. The van der Waals surface area contributed by atoms with E-state index in [2.05, 4.69) is 207 Å². The highest BCUT2D eigenvalue weighted by atomic mass is 16.5. The van der Waals surface area contributed by atoms with Crippen LogP contribution in [0.4, 0.5) is 34.1 Å². The Morgan fingerprint density at radius 3 is 2.02 bits per heavy atom. The summed E-state index contributed by atoms with van der Waals surface area (Å²) < 4.78 is 6.76. The molecule has 0 bridgehead atoms. The largest absolute Gasteiger partial charge is 0.453 e. The van der Waals surface area contributed by atoms with Crippen LogP contribution in [-0.2, 0) is 10.8 Å². The fourth-order valence-electron chi connectivity index (χ4n) is 9.80. The van der Waals surface area contributed by atoms with E-state index in [1.807, 2.05) is 0 Å². The quantitative estimate of drug-likeness (QED) is 0.181. The summed E-state index contributed by atoms with van der Waals surface area (Å²) in [5, 5.41) is 2.36. The van der Waals surface area contributed by atoms with Gasteiger partial charge >= 0.3 is 0 Å². The molecule has 0 N–H and O–H groups in total. The van der Waals surface area contributed by atoms with Crippen LogP contribution in [0.5, 0.6) is 11.5 Å². The molecule has 0 spiro atoms. The van der Waals surface area contributed by atoms with Gasteiger partial charge < -0.3 is 14.5 Å². The van der Waals surface area contributed by atoms with Crippen LogP contribution < -0.4 is 14.5 Å². The first-order chi connectivity index (χ1) is 26.8. The highest BCUT2D eigenvalue weighted by molar-refractivity contribution is 6.07. The van der Waals surface area contributed by atoms with Crippen LogP contribution in [0, 0.1) is 0 Å². The lowest BCUT2D eigenvalue weighted by Gasteiger charge is -2.47. The number of para-hydroxylation sites is 2. The minimum atomic E-state index is -0.384. The highest BCUT2D eigenvalue weighted by Crippen LogP contribution is 2.63. The summed E-state index contributed by atoms with van der Waals surface area (Å²) in [6, 6.07) is 62.1. The molecule has 0 unspecified atom stereocenters. The zero-order chi connectivity index (χ0) is 37.1. The van der Waals surface area contributed by atoms with Gasteiger partial charge in [0.05, 0.1) is 28.4 Å². The molecule has 0 atom stereocenters. The Bertz CT molecular complexity index is 2870. The van der Waals surface area contributed by atoms with Gasteiger partial charge in [0.25, 0.3) is 0 Å². The number of hydrogen-bond acceptors (Lipinski definition) is 3. The molecular weight excluding hydrogens is 669 g/mol. The van der Waals surface area contributed by atoms with Crippen molar-refractivity contribution >= 4 is 44.9 Å². The number of benzene rings is 8. The molecule has 0 saturated heterocycles. The molecule has 0 aromatic heterocycles. The van der Waals surface area contributed by atoms with Crippen molar-refractivity contribution < 1.29 is 4.74 Å². The standard InChI is InChI=1S/C52H40N2O/c1-51(2)40-22-12-10-21-38(40)39-30-29-35(32-42(39)51)53(43-24-13-11-19-36(43)33-16-6-5-7-17-33)44-25-15-26-45-48(44)52(3,4)41-23-14-27-46-50(41)54(45)49-37-20-9-8-18-34(37)28-31-47(49)55-46/h5-32H,1-4H3. The minimum absolute atomic E-state index is 0.143. The van der Waals surface area contributed by atoms with E-state index in [1.54, 1.807) is 0 Å². The molecule has 8 aromatic rings. The van der Waals surface area contributed by atoms with Crippen molar-refractivity contribution in [2.75, 3.05) is 9.80 Å². The van der Waals surface area contributed by atoms with E-state index in [1.165, 1.54) is 61.0 Å². The third-order valence-electron chi connectivity index (χ3n) is 12.4. The molecule has 3 heteroatoms. The van der Waals surface area contributed by atoms with Crippen molar-refractivity contribution in [3.05, 3.63) is 192 Å². The predicted molar refractivity (Wildman–Crippen MR) is 229 cm³/mol. The van der Waals surface area contributed by atoms with Crippen LogP contribution in [0.15, 0.2) is 170 Å². The molecule has 55 heavy (non-hydrogen) atoms. The molecule has 8 aromatic carbocycles. The maximum atomic E-state index is 6.76.